The van der Waals surface area contributed by atoms with Gasteiger partial charge in [-0.1, -0.05) is 0 Å². The Morgan fingerprint density at radius 2 is 2.20 bits per heavy atom. The average Bonchev–Trinajstić information content (AvgIpc) is 3.22. The van der Waals surface area contributed by atoms with Gasteiger partial charge in [0.2, 0.25) is 5.91 Å². The average molecular weight is 344 g/mol. The molecule has 1 fully saturated rings. The zero-order chi connectivity index (χ0) is 17.8. The number of amides is 1. The third kappa shape index (κ3) is 4.21. The predicted molar refractivity (Wildman–Crippen MR) is 91.8 cm³/mol. The number of nitro groups is 1. The first-order valence-electron chi connectivity index (χ1n) is 8.26. The minimum Gasteiger partial charge on any atom is -0.378 e. The van der Waals surface area contributed by atoms with E-state index in [9.17, 15) is 14.9 Å². The first-order valence-corrected chi connectivity index (χ1v) is 8.26. The monoisotopic (exact) mass is 344 g/mol. The van der Waals surface area contributed by atoms with Crippen molar-refractivity contribution in [3.05, 3.63) is 46.1 Å². The summed E-state index contributed by atoms with van der Waals surface area (Å²) in [7, 11) is 0. The van der Waals surface area contributed by atoms with Gasteiger partial charge >= 0.3 is 0 Å². The third-order valence-corrected chi connectivity index (χ3v) is 4.12. The van der Waals surface area contributed by atoms with Crippen LogP contribution in [0.2, 0.25) is 0 Å². The summed E-state index contributed by atoms with van der Waals surface area (Å²) < 4.78 is 7.10. The number of nitrogens with zero attached hydrogens (tertiary/aromatic N) is 3. The lowest BCUT2D eigenvalue weighted by atomic mass is 10.1. The number of rotatable bonds is 6. The lowest BCUT2D eigenvalue weighted by Crippen LogP contribution is -2.17. The molecule has 0 bridgehead atoms. The van der Waals surface area contributed by atoms with Gasteiger partial charge in [-0.3, -0.25) is 14.9 Å². The molecule has 1 amide bonds. The van der Waals surface area contributed by atoms with E-state index in [2.05, 4.69) is 10.4 Å². The SMILES string of the molecule is Cc1cc(NC(=O)CC[C@@H]2CCCO2)n(-c2ccc([N+](=O)[O-])cc2)n1. The molecular formula is C17H20N4O4. The summed E-state index contributed by atoms with van der Waals surface area (Å²) in [6, 6.07) is 7.80. The van der Waals surface area contributed by atoms with Crippen LogP contribution in [-0.2, 0) is 9.53 Å². The molecule has 8 heteroatoms. The molecule has 0 aliphatic carbocycles. The Balaban J connectivity index is 1.69. The van der Waals surface area contributed by atoms with Crippen LogP contribution in [0.15, 0.2) is 30.3 Å². The molecule has 8 nitrogen and oxygen atoms in total. The van der Waals surface area contributed by atoms with Crippen LogP contribution < -0.4 is 5.32 Å². The highest BCUT2D eigenvalue weighted by Crippen LogP contribution is 2.21. The quantitative estimate of drug-likeness (QED) is 0.641. The molecule has 2 heterocycles. The Kier molecular flexibility index (Phi) is 5.08. The number of carbonyl (C=O) groups excluding carboxylic acids is 1. The van der Waals surface area contributed by atoms with E-state index >= 15 is 0 Å². The van der Waals surface area contributed by atoms with Crippen LogP contribution in [0, 0.1) is 17.0 Å². The molecule has 0 saturated carbocycles. The minimum atomic E-state index is -0.452. The number of ether oxygens (including phenoxy) is 1. The van der Waals surface area contributed by atoms with Crippen molar-refractivity contribution in [1.82, 2.24) is 9.78 Å². The second kappa shape index (κ2) is 7.43. The highest BCUT2D eigenvalue weighted by molar-refractivity contribution is 5.90. The maximum absolute atomic E-state index is 12.2. The molecule has 1 N–H and O–H groups in total. The Bertz CT molecular complexity index is 763. The molecule has 3 rings (SSSR count). The summed E-state index contributed by atoms with van der Waals surface area (Å²) in [6.07, 6.45) is 3.32. The molecule has 1 aliphatic rings. The summed E-state index contributed by atoms with van der Waals surface area (Å²) in [4.78, 5) is 22.5. The van der Waals surface area contributed by atoms with Crippen LogP contribution in [0.4, 0.5) is 11.5 Å². The Labute approximate surface area is 144 Å². The van der Waals surface area contributed by atoms with E-state index in [-0.39, 0.29) is 17.7 Å². The zero-order valence-corrected chi connectivity index (χ0v) is 14.0. The second-order valence-corrected chi connectivity index (χ2v) is 6.08. The number of nitro benzene ring substituents is 1. The Morgan fingerprint density at radius 1 is 1.44 bits per heavy atom. The van der Waals surface area contributed by atoms with Gasteiger partial charge in [-0.05, 0) is 38.3 Å². The molecule has 2 aromatic rings. The van der Waals surface area contributed by atoms with Gasteiger partial charge in [0, 0.05) is 31.2 Å². The first kappa shape index (κ1) is 17.1. The van der Waals surface area contributed by atoms with E-state index in [0.717, 1.165) is 25.1 Å². The first-order chi connectivity index (χ1) is 12.0. The van der Waals surface area contributed by atoms with Gasteiger partial charge in [0.25, 0.3) is 5.69 Å². The molecule has 132 valence electrons. The van der Waals surface area contributed by atoms with Crippen LogP contribution in [-0.4, -0.2) is 33.3 Å². The predicted octanol–water partition coefficient (Wildman–Crippen LogP) is 2.99. The van der Waals surface area contributed by atoms with Gasteiger partial charge in [0.1, 0.15) is 5.82 Å². The topological polar surface area (TPSA) is 99.3 Å². The summed E-state index contributed by atoms with van der Waals surface area (Å²) in [5, 5.41) is 18.0. The van der Waals surface area contributed by atoms with E-state index in [1.54, 1.807) is 22.9 Å². The van der Waals surface area contributed by atoms with Crippen molar-refractivity contribution in [3.8, 4) is 5.69 Å². The molecule has 1 aliphatic heterocycles. The normalized spacial score (nSPS) is 16.8. The summed E-state index contributed by atoms with van der Waals surface area (Å²) in [6.45, 7) is 2.60. The van der Waals surface area contributed by atoms with E-state index in [0.29, 0.717) is 24.3 Å². The number of aromatic nitrogens is 2. The fourth-order valence-electron chi connectivity index (χ4n) is 2.87. The van der Waals surface area contributed by atoms with Crippen LogP contribution in [0.25, 0.3) is 5.69 Å². The van der Waals surface area contributed by atoms with Gasteiger partial charge < -0.3 is 10.1 Å². The Hall–Kier alpha value is -2.74. The number of hydrogen-bond acceptors (Lipinski definition) is 5. The van der Waals surface area contributed by atoms with Gasteiger partial charge in [-0.15, -0.1) is 0 Å². The summed E-state index contributed by atoms with van der Waals surface area (Å²) in [5.74, 6) is 0.447. The van der Waals surface area contributed by atoms with Crippen molar-refractivity contribution in [3.63, 3.8) is 0 Å². The number of benzene rings is 1. The summed E-state index contributed by atoms with van der Waals surface area (Å²) in [5.41, 5.74) is 1.40. The molecule has 25 heavy (non-hydrogen) atoms. The van der Waals surface area contributed by atoms with Crippen LogP contribution >= 0.6 is 0 Å². The van der Waals surface area contributed by atoms with Crippen LogP contribution in [0.1, 0.15) is 31.4 Å². The van der Waals surface area contributed by atoms with Crippen LogP contribution in [0.5, 0.6) is 0 Å². The number of hydrogen-bond donors (Lipinski definition) is 1. The number of anilines is 1. The highest BCUT2D eigenvalue weighted by atomic mass is 16.6. The molecule has 0 spiro atoms. The zero-order valence-electron chi connectivity index (χ0n) is 14.0. The van der Waals surface area contributed by atoms with Crippen molar-refractivity contribution in [2.45, 2.75) is 38.7 Å². The number of carbonyl (C=O) groups is 1. The molecule has 1 saturated heterocycles. The largest absolute Gasteiger partial charge is 0.378 e. The maximum atomic E-state index is 12.2. The van der Waals surface area contributed by atoms with Gasteiger partial charge in [0.15, 0.2) is 0 Å². The van der Waals surface area contributed by atoms with Crippen molar-refractivity contribution in [2.24, 2.45) is 0 Å². The minimum absolute atomic E-state index is 0.00905. The fraction of sp³-hybridized carbons (Fsp3) is 0.412. The van der Waals surface area contributed by atoms with Gasteiger partial charge in [-0.2, -0.15) is 5.10 Å². The molecule has 0 radical (unpaired) electrons. The van der Waals surface area contributed by atoms with E-state index in [1.807, 2.05) is 6.92 Å². The number of non-ortho nitro benzene ring substituents is 1. The van der Waals surface area contributed by atoms with Gasteiger partial charge in [0.05, 0.1) is 22.4 Å². The standard InChI is InChI=1S/C17H20N4O4/c1-12-11-16(18-17(22)9-8-15-3-2-10-25-15)20(19-12)13-4-6-14(7-5-13)21(23)24/h4-7,11,15H,2-3,8-10H2,1H3,(H,18,22)/t15-/m0/s1. The molecule has 1 aromatic heterocycles. The van der Waals surface area contributed by atoms with Crippen molar-refractivity contribution in [2.75, 3.05) is 11.9 Å². The van der Waals surface area contributed by atoms with Gasteiger partial charge in [-0.25, -0.2) is 4.68 Å². The molecule has 0 unspecified atom stereocenters. The maximum Gasteiger partial charge on any atom is 0.269 e. The highest BCUT2D eigenvalue weighted by Gasteiger charge is 2.18. The molecular weight excluding hydrogens is 324 g/mol. The van der Waals surface area contributed by atoms with E-state index < -0.39 is 4.92 Å². The van der Waals surface area contributed by atoms with Crippen LogP contribution in [0.3, 0.4) is 0 Å². The smallest absolute Gasteiger partial charge is 0.269 e. The van der Waals surface area contributed by atoms with E-state index in [1.165, 1.54) is 12.1 Å². The lowest BCUT2D eigenvalue weighted by molar-refractivity contribution is -0.384. The summed E-state index contributed by atoms with van der Waals surface area (Å²) >= 11 is 0. The number of nitrogens with one attached hydrogen (secondary N) is 1. The van der Waals surface area contributed by atoms with Crippen molar-refractivity contribution < 1.29 is 14.5 Å². The molecule has 1 atom stereocenters. The second-order valence-electron chi connectivity index (χ2n) is 6.08. The van der Waals surface area contributed by atoms with E-state index in [4.69, 9.17) is 4.74 Å². The molecule has 1 aromatic carbocycles. The third-order valence-electron chi connectivity index (χ3n) is 4.12. The van der Waals surface area contributed by atoms with Crippen molar-refractivity contribution >= 4 is 17.4 Å². The fourth-order valence-corrected chi connectivity index (χ4v) is 2.87. The lowest BCUT2D eigenvalue weighted by Gasteiger charge is -2.11. The Morgan fingerprint density at radius 3 is 2.84 bits per heavy atom. The number of aryl methyl sites for hydroxylation is 1. The van der Waals surface area contributed by atoms with Crippen molar-refractivity contribution in [1.29, 1.82) is 0 Å².